The molecule has 1 aromatic heterocycles. The molecule has 26 heavy (non-hydrogen) atoms. The molecule has 2 aromatic rings. The van der Waals surface area contributed by atoms with Crippen molar-refractivity contribution in [2.45, 2.75) is 46.5 Å². The van der Waals surface area contributed by atoms with Gasteiger partial charge < -0.3 is 13.9 Å². The number of methoxy groups -OCH3 is 2. The first-order valence-corrected chi connectivity index (χ1v) is 8.92. The van der Waals surface area contributed by atoms with Crippen molar-refractivity contribution in [3.63, 3.8) is 0 Å². The zero-order chi connectivity index (χ0) is 19.1. The lowest BCUT2D eigenvalue weighted by Crippen LogP contribution is -1.95. The van der Waals surface area contributed by atoms with Crippen molar-refractivity contribution >= 4 is 16.8 Å². The van der Waals surface area contributed by atoms with Crippen molar-refractivity contribution in [2.75, 3.05) is 14.2 Å². The minimum absolute atomic E-state index is 0.00693. The minimum atomic E-state index is 0.00693. The number of carbonyl (C=O) groups is 1. The Bertz CT molecular complexity index is 779. The van der Waals surface area contributed by atoms with E-state index in [-0.39, 0.29) is 5.78 Å². The third kappa shape index (κ3) is 5.25. The van der Waals surface area contributed by atoms with E-state index in [0.29, 0.717) is 29.3 Å². The number of hydrogen-bond acceptors (Lipinski definition) is 4. The van der Waals surface area contributed by atoms with Crippen LogP contribution in [0.1, 0.15) is 57.0 Å². The van der Waals surface area contributed by atoms with Gasteiger partial charge in [-0.05, 0) is 52.2 Å². The predicted molar refractivity (Wildman–Crippen MR) is 105 cm³/mol. The van der Waals surface area contributed by atoms with Gasteiger partial charge in [0.2, 0.25) is 0 Å². The third-order valence-electron chi connectivity index (χ3n) is 4.25. The quantitative estimate of drug-likeness (QED) is 0.402. The largest absolute Gasteiger partial charge is 0.493 e. The molecule has 0 atom stereocenters. The van der Waals surface area contributed by atoms with Gasteiger partial charge in [0.15, 0.2) is 23.0 Å². The summed E-state index contributed by atoms with van der Waals surface area (Å²) in [5, 5.41) is 0.833. The molecule has 0 bridgehead atoms. The number of benzene rings is 1. The maximum absolute atomic E-state index is 12.4. The van der Waals surface area contributed by atoms with Crippen molar-refractivity contribution in [3.8, 4) is 11.5 Å². The zero-order valence-corrected chi connectivity index (χ0v) is 16.3. The van der Waals surface area contributed by atoms with E-state index in [4.69, 9.17) is 13.9 Å². The summed E-state index contributed by atoms with van der Waals surface area (Å²) in [4.78, 5) is 12.4. The summed E-state index contributed by atoms with van der Waals surface area (Å²) in [6.07, 6.45) is 7.62. The highest BCUT2D eigenvalue weighted by Crippen LogP contribution is 2.34. The topological polar surface area (TPSA) is 48.7 Å². The summed E-state index contributed by atoms with van der Waals surface area (Å²) in [5.41, 5.74) is 3.28. The highest BCUT2D eigenvalue weighted by atomic mass is 16.5. The standard InChI is InChI=1S/C22H28O4/c1-15(2)8-6-9-16(3)10-7-11-18(23)20-12-17-13-21(24-4)22(25-5)14-19(17)26-20/h8,10,12-14H,6-7,9,11H2,1-5H3/b16-10+. The van der Waals surface area contributed by atoms with Crippen LogP contribution >= 0.6 is 0 Å². The van der Waals surface area contributed by atoms with Gasteiger partial charge in [0, 0.05) is 17.9 Å². The maximum Gasteiger partial charge on any atom is 0.198 e. The van der Waals surface area contributed by atoms with Crippen LogP contribution in [0.15, 0.2) is 45.9 Å². The van der Waals surface area contributed by atoms with Crippen LogP contribution in [0.2, 0.25) is 0 Å². The van der Waals surface area contributed by atoms with Gasteiger partial charge in [0.1, 0.15) is 5.58 Å². The molecule has 0 spiro atoms. The Balaban J connectivity index is 2.00. The first kappa shape index (κ1) is 19.8. The average Bonchev–Trinajstić information content (AvgIpc) is 3.02. The SMILES string of the molecule is COc1cc2cc(C(=O)CC/C=C(\C)CCC=C(C)C)oc2cc1OC. The summed E-state index contributed by atoms with van der Waals surface area (Å²) in [6, 6.07) is 5.34. The molecule has 1 aromatic carbocycles. The molecule has 0 unspecified atom stereocenters. The fourth-order valence-electron chi connectivity index (χ4n) is 2.77. The lowest BCUT2D eigenvalue weighted by atomic mass is 10.1. The van der Waals surface area contributed by atoms with E-state index in [2.05, 4.69) is 32.9 Å². The smallest absolute Gasteiger partial charge is 0.198 e. The number of furan rings is 1. The molecule has 0 saturated carbocycles. The molecule has 0 amide bonds. The number of fused-ring (bicyclic) bond motifs is 1. The maximum atomic E-state index is 12.4. The molecule has 0 aliphatic heterocycles. The van der Waals surface area contributed by atoms with E-state index in [1.54, 1.807) is 26.4 Å². The van der Waals surface area contributed by atoms with Crippen molar-refractivity contribution < 1.29 is 18.7 Å². The number of rotatable bonds is 9. The Kier molecular flexibility index (Phi) is 7.07. The summed E-state index contributed by atoms with van der Waals surface area (Å²) in [7, 11) is 3.16. The lowest BCUT2D eigenvalue weighted by Gasteiger charge is -2.06. The zero-order valence-electron chi connectivity index (χ0n) is 16.3. The number of carbonyl (C=O) groups excluding carboxylic acids is 1. The normalized spacial score (nSPS) is 11.5. The molecule has 4 nitrogen and oxygen atoms in total. The van der Waals surface area contributed by atoms with Crippen LogP contribution < -0.4 is 9.47 Å². The van der Waals surface area contributed by atoms with Crippen molar-refractivity contribution in [2.24, 2.45) is 0 Å². The summed E-state index contributed by atoms with van der Waals surface area (Å²) >= 11 is 0. The third-order valence-corrected chi connectivity index (χ3v) is 4.25. The Morgan fingerprint density at radius 3 is 2.27 bits per heavy atom. The highest BCUT2D eigenvalue weighted by Gasteiger charge is 2.14. The fourth-order valence-corrected chi connectivity index (χ4v) is 2.77. The van der Waals surface area contributed by atoms with Crippen LogP contribution in [-0.2, 0) is 0 Å². The summed E-state index contributed by atoms with van der Waals surface area (Å²) in [6.45, 7) is 6.33. The van der Waals surface area contributed by atoms with E-state index in [1.165, 1.54) is 11.1 Å². The molecule has 0 saturated heterocycles. The molecule has 0 aliphatic carbocycles. The Labute approximate surface area is 155 Å². The van der Waals surface area contributed by atoms with Crippen LogP contribution in [0.4, 0.5) is 0 Å². The van der Waals surface area contributed by atoms with Crippen molar-refractivity contribution in [1.82, 2.24) is 0 Å². The van der Waals surface area contributed by atoms with Crippen LogP contribution in [0.5, 0.6) is 11.5 Å². The van der Waals surface area contributed by atoms with E-state index in [9.17, 15) is 4.79 Å². The van der Waals surface area contributed by atoms with Gasteiger partial charge in [-0.15, -0.1) is 0 Å². The van der Waals surface area contributed by atoms with Gasteiger partial charge in [-0.25, -0.2) is 0 Å². The minimum Gasteiger partial charge on any atom is -0.493 e. The van der Waals surface area contributed by atoms with Gasteiger partial charge in [0.25, 0.3) is 0 Å². The van der Waals surface area contributed by atoms with Crippen molar-refractivity contribution in [3.05, 3.63) is 47.3 Å². The van der Waals surface area contributed by atoms with Gasteiger partial charge >= 0.3 is 0 Å². The second kappa shape index (κ2) is 9.27. The Hall–Kier alpha value is -2.49. The molecular formula is C22H28O4. The van der Waals surface area contributed by atoms with Crippen molar-refractivity contribution in [1.29, 1.82) is 0 Å². The Morgan fingerprint density at radius 2 is 1.62 bits per heavy atom. The fraction of sp³-hybridized carbons (Fsp3) is 0.409. The van der Waals surface area contributed by atoms with E-state index in [1.807, 2.05) is 6.07 Å². The van der Waals surface area contributed by atoms with Gasteiger partial charge in [-0.3, -0.25) is 4.79 Å². The molecular weight excluding hydrogens is 328 g/mol. The number of ether oxygens (including phenoxy) is 2. The summed E-state index contributed by atoms with van der Waals surface area (Å²) in [5.74, 6) is 1.59. The molecule has 0 N–H and O–H groups in total. The molecule has 0 radical (unpaired) electrons. The average molecular weight is 356 g/mol. The monoisotopic (exact) mass is 356 g/mol. The molecule has 140 valence electrons. The van der Waals surface area contributed by atoms with Crippen LogP contribution in [-0.4, -0.2) is 20.0 Å². The predicted octanol–water partition coefficient (Wildman–Crippen LogP) is 6.11. The molecule has 0 fully saturated rings. The molecule has 0 aliphatic rings. The highest BCUT2D eigenvalue weighted by molar-refractivity contribution is 5.98. The Morgan fingerprint density at radius 1 is 0.962 bits per heavy atom. The van der Waals surface area contributed by atoms with Crippen LogP contribution in [0, 0.1) is 0 Å². The van der Waals surface area contributed by atoms with Gasteiger partial charge in [-0.1, -0.05) is 23.3 Å². The molecule has 4 heteroatoms. The van der Waals surface area contributed by atoms with Gasteiger partial charge in [0.05, 0.1) is 14.2 Å². The lowest BCUT2D eigenvalue weighted by molar-refractivity contribution is 0.0959. The van der Waals surface area contributed by atoms with Crippen LogP contribution in [0.3, 0.4) is 0 Å². The number of ketones is 1. The second-order valence-corrected chi connectivity index (χ2v) is 6.69. The summed E-state index contributed by atoms with van der Waals surface area (Å²) < 4.78 is 16.3. The first-order valence-electron chi connectivity index (χ1n) is 8.92. The van der Waals surface area contributed by atoms with E-state index >= 15 is 0 Å². The molecule has 1 heterocycles. The van der Waals surface area contributed by atoms with E-state index < -0.39 is 0 Å². The molecule has 2 rings (SSSR count). The van der Waals surface area contributed by atoms with Crippen LogP contribution in [0.25, 0.3) is 11.0 Å². The number of Topliss-reactive ketones (excluding diaryl/α,β-unsaturated/α-hetero) is 1. The number of hydrogen-bond donors (Lipinski definition) is 0. The number of allylic oxidation sites excluding steroid dienone is 4. The second-order valence-electron chi connectivity index (χ2n) is 6.69. The van der Waals surface area contributed by atoms with Gasteiger partial charge in [-0.2, -0.15) is 0 Å². The first-order chi connectivity index (χ1) is 12.4. The van der Waals surface area contributed by atoms with E-state index in [0.717, 1.165) is 24.6 Å².